The molecule has 0 fully saturated rings. The summed E-state index contributed by atoms with van der Waals surface area (Å²) in [6, 6.07) is 0. The van der Waals surface area contributed by atoms with Crippen LogP contribution in [0.25, 0.3) is 0 Å². The van der Waals surface area contributed by atoms with Gasteiger partial charge in [-0.2, -0.15) is 0 Å². The summed E-state index contributed by atoms with van der Waals surface area (Å²) < 4.78 is 5.82. The van der Waals surface area contributed by atoms with E-state index in [1.165, 1.54) is 34.4 Å². The van der Waals surface area contributed by atoms with Gasteiger partial charge in [0.1, 0.15) is 5.00 Å². The maximum absolute atomic E-state index is 12.8. The van der Waals surface area contributed by atoms with Crippen LogP contribution in [0.1, 0.15) is 60.8 Å². The highest BCUT2D eigenvalue weighted by Crippen LogP contribution is 2.39. The van der Waals surface area contributed by atoms with Crippen molar-refractivity contribution in [3.63, 3.8) is 0 Å². The van der Waals surface area contributed by atoms with Crippen LogP contribution in [-0.4, -0.2) is 39.8 Å². The summed E-state index contributed by atoms with van der Waals surface area (Å²) in [5.41, 5.74) is 1.52. The number of aromatic nitrogens is 2. The second-order valence-electron chi connectivity index (χ2n) is 6.66. The van der Waals surface area contributed by atoms with Gasteiger partial charge in [0.25, 0.3) is 0 Å². The number of aryl methyl sites for hydroxylation is 1. The Kier molecular flexibility index (Phi) is 7.84. The number of hydrogen-bond acceptors (Lipinski definition) is 9. The van der Waals surface area contributed by atoms with Crippen molar-refractivity contribution in [3.8, 4) is 0 Å². The number of anilines is 2. The predicted octanol–water partition coefficient (Wildman–Crippen LogP) is 4.12. The van der Waals surface area contributed by atoms with Gasteiger partial charge in [-0.05, 0) is 45.1 Å². The van der Waals surface area contributed by atoms with Gasteiger partial charge in [0.05, 0.1) is 17.4 Å². The zero-order chi connectivity index (χ0) is 21.7. The van der Waals surface area contributed by atoms with Crippen molar-refractivity contribution in [2.24, 2.45) is 0 Å². The van der Waals surface area contributed by atoms with E-state index >= 15 is 0 Å². The number of rotatable bonds is 8. The molecular formula is C19H24N4O4S3. The van der Waals surface area contributed by atoms with E-state index in [0.717, 1.165) is 36.1 Å². The van der Waals surface area contributed by atoms with Gasteiger partial charge in [0, 0.05) is 11.3 Å². The van der Waals surface area contributed by atoms with Crippen LogP contribution in [0.2, 0.25) is 0 Å². The van der Waals surface area contributed by atoms with Gasteiger partial charge in [0.15, 0.2) is 4.34 Å². The standard InChI is InChI=1S/C19H24N4O4S3/c1-4-13(24)20-18-22-23-19(30-18)28-10(3)15(25)21-16-14(17(26)27-5-2)11-8-6-7-9-12(11)29-16/h10H,4-9H2,1-3H3,(H,21,25)(H,20,22,24). The van der Waals surface area contributed by atoms with E-state index in [4.69, 9.17) is 4.74 Å². The van der Waals surface area contributed by atoms with E-state index in [9.17, 15) is 14.4 Å². The quantitative estimate of drug-likeness (QED) is 0.340. The zero-order valence-corrected chi connectivity index (χ0v) is 19.5. The van der Waals surface area contributed by atoms with Gasteiger partial charge in [-0.25, -0.2) is 4.79 Å². The van der Waals surface area contributed by atoms with Crippen LogP contribution < -0.4 is 10.6 Å². The first kappa shape index (κ1) is 22.7. The molecule has 2 amide bonds. The van der Waals surface area contributed by atoms with Crippen LogP contribution >= 0.6 is 34.4 Å². The minimum absolute atomic E-state index is 0.137. The van der Waals surface area contributed by atoms with Crippen LogP contribution in [0.3, 0.4) is 0 Å². The Bertz CT molecular complexity index is 940. The van der Waals surface area contributed by atoms with E-state index in [2.05, 4.69) is 20.8 Å². The summed E-state index contributed by atoms with van der Waals surface area (Å²) in [5, 5.41) is 14.0. The van der Waals surface area contributed by atoms with Crippen molar-refractivity contribution in [1.29, 1.82) is 0 Å². The molecule has 0 saturated carbocycles. The number of carbonyl (C=O) groups excluding carboxylic acids is 3. The number of nitrogens with zero attached hydrogens (tertiary/aromatic N) is 2. The molecule has 2 N–H and O–H groups in total. The zero-order valence-electron chi connectivity index (χ0n) is 17.1. The molecule has 0 spiro atoms. The molecule has 0 aromatic carbocycles. The molecule has 0 aliphatic heterocycles. The molecule has 8 nitrogen and oxygen atoms in total. The van der Waals surface area contributed by atoms with E-state index in [1.807, 2.05) is 0 Å². The van der Waals surface area contributed by atoms with Crippen LogP contribution in [0.4, 0.5) is 10.1 Å². The highest BCUT2D eigenvalue weighted by Gasteiger charge is 2.28. The summed E-state index contributed by atoms with van der Waals surface area (Å²) in [6.45, 7) is 5.58. The Morgan fingerprint density at radius 1 is 1.13 bits per heavy atom. The molecule has 1 unspecified atom stereocenters. The van der Waals surface area contributed by atoms with Crippen molar-refractivity contribution in [3.05, 3.63) is 16.0 Å². The monoisotopic (exact) mass is 468 g/mol. The lowest BCUT2D eigenvalue weighted by Crippen LogP contribution is -2.23. The third-order valence-electron chi connectivity index (χ3n) is 4.51. The highest BCUT2D eigenvalue weighted by atomic mass is 32.2. The molecule has 2 aromatic heterocycles. The molecule has 1 atom stereocenters. The highest BCUT2D eigenvalue weighted by molar-refractivity contribution is 8.02. The van der Waals surface area contributed by atoms with Gasteiger partial charge in [-0.1, -0.05) is 30.0 Å². The third-order valence-corrected chi connectivity index (χ3v) is 7.74. The topological polar surface area (TPSA) is 110 Å². The average Bonchev–Trinajstić information content (AvgIpc) is 3.31. The second kappa shape index (κ2) is 10.4. The second-order valence-corrected chi connectivity index (χ2v) is 10.3. The number of amides is 2. The molecule has 0 bridgehead atoms. The molecule has 1 aliphatic rings. The molecule has 30 heavy (non-hydrogen) atoms. The van der Waals surface area contributed by atoms with Crippen molar-refractivity contribution in [2.75, 3.05) is 17.2 Å². The fraction of sp³-hybridized carbons (Fsp3) is 0.526. The number of thiophene rings is 1. The maximum atomic E-state index is 12.8. The number of ether oxygens (including phenoxy) is 1. The van der Waals surface area contributed by atoms with Crippen molar-refractivity contribution >= 4 is 62.4 Å². The Hall–Kier alpha value is -1.98. The first-order valence-corrected chi connectivity index (χ1v) is 12.4. The molecule has 3 rings (SSSR count). The van der Waals surface area contributed by atoms with Crippen molar-refractivity contribution < 1.29 is 19.1 Å². The molecule has 162 valence electrons. The summed E-state index contributed by atoms with van der Waals surface area (Å²) >= 11 is 3.95. The van der Waals surface area contributed by atoms with Crippen molar-refractivity contribution in [1.82, 2.24) is 10.2 Å². The fourth-order valence-corrected chi connectivity index (χ4v) is 6.20. The first-order valence-electron chi connectivity index (χ1n) is 9.85. The molecule has 11 heteroatoms. The summed E-state index contributed by atoms with van der Waals surface area (Å²) in [4.78, 5) is 38.0. The largest absolute Gasteiger partial charge is 0.462 e. The van der Waals surface area contributed by atoms with Gasteiger partial charge in [-0.3, -0.25) is 9.59 Å². The SMILES string of the molecule is CCOC(=O)c1c(NC(=O)C(C)Sc2nnc(NC(=O)CC)s2)sc2c1CCCC2. The normalized spacial score (nSPS) is 14.0. The van der Waals surface area contributed by atoms with Gasteiger partial charge in [0.2, 0.25) is 16.9 Å². The minimum Gasteiger partial charge on any atom is -0.462 e. The summed E-state index contributed by atoms with van der Waals surface area (Å²) in [7, 11) is 0. The maximum Gasteiger partial charge on any atom is 0.341 e. The molecule has 1 aliphatic carbocycles. The van der Waals surface area contributed by atoms with E-state index < -0.39 is 5.25 Å². The van der Waals surface area contributed by atoms with E-state index in [1.54, 1.807) is 20.8 Å². The number of nitrogens with one attached hydrogen (secondary N) is 2. The van der Waals surface area contributed by atoms with Crippen LogP contribution in [0.15, 0.2) is 4.34 Å². The fourth-order valence-electron chi connectivity index (χ4n) is 3.01. The molecule has 0 radical (unpaired) electrons. The van der Waals surface area contributed by atoms with Crippen LogP contribution in [0, 0.1) is 0 Å². The Morgan fingerprint density at radius 3 is 2.63 bits per heavy atom. The van der Waals surface area contributed by atoms with E-state index in [0.29, 0.717) is 26.5 Å². The lowest BCUT2D eigenvalue weighted by molar-refractivity contribution is -0.116. The number of esters is 1. The van der Waals surface area contributed by atoms with Gasteiger partial charge in [-0.15, -0.1) is 21.5 Å². The van der Waals surface area contributed by atoms with Crippen LogP contribution in [0.5, 0.6) is 0 Å². The first-order chi connectivity index (χ1) is 14.4. The lowest BCUT2D eigenvalue weighted by Gasteiger charge is -2.13. The number of hydrogen-bond donors (Lipinski definition) is 2. The Balaban J connectivity index is 1.70. The Labute approximate surface area is 187 Å². The molecule has 2 aromatic rings. The predicted molar refractivity (Wildman–Crippen MR) is 120 cm³/mol. The summed E-state index contributed by atoms with van der Waals surface area (Å²) in [6.07, 6.45) is 4.22. The average molecular weight is 469 g/mol. The lowest BCUT2D eigenvalue weighted by atomic mass is 9.95. The Morgan fingerprint density at radius 2 is 1.90 bits per heavy atom. The van der Waals surface area contributed by atoms with Crippen LogP contribution in [-0.2, 0) is 27.2 Å². The summed E-state index contributed by atoms with van der Waals surface area (Å²) in [5.74, 6) is -0.743. The van der Waals surface area contributed by atoms with Crippen molar-refractivity contribution in [2.45, 2.75) is 62.5 Å². The minimum atomic E-state index is -0.457. The van der Waals surface area contributed by atoms with E-state index in [-0.39, 0.29) is 24.4 Å². The third kappa shape index (κ3) is 5.38. The molecular weight excluding hydrogens is 444 g/mol. The number of thioether (sulfide) groups is 1. The number of fused-ring (bicyclic) bond motifs is 1. The van der Waals surface area contributed by atoms with Gasteiger partial charge >= 0.3 is 5.97 Å². The van der Waals surface area contributed by atoms with Gasteiger partial charge < -0.3 is 15.4 Å². The molecule has 2 heterocycles. The molecule has 0 saturated heterocycles. The smallest absolute Gasteiger partial charge is 0.341 e. The number of carbonyl (C=O) groups is 3.